The number of nitrogens with zero attached hydrogens (tertiary/aromatic N) is 4. The van der Waals surface area contributed by atoms with E-state index in [1.165, 1.54) is 17.3 Å². The molecule has 0 radical (unpaired) electrons. The van der Waals surface area contributed by atoms with Crippen LogP contribution in [-0.4, -0.2) is 33.4 Å². The van der Waals surface area contributed by atoms with Crippen LogP contribution in [0.4, 0.5) is 11.4 Å². The van der Waals surface area contributed by atoms with Crippen molar-refractivity contribution in [1.82, 2.24) is 14.9 Å². The third-order valence-electron chi connectivity index (χ3n) is 5.08. The molecule has 3 heterocycles. The second-order valence-electron chi connectivity index (χ2n) is 7.16. The van der Waals surface area contributed by atoms with Gasteiger partial charge in [-0.15, -0.1) is 0 Å². The van der Waals surface area contributed by atoms with E-state index in [1.54, 1.807) is 18.6 Å². The molecule has 2 aromatic rings. The average Bonchev–Trinajstić information content (AvgIpc) is 2.93. The van der Waals surface area contributed by atoms with E-state index >= 15 is 0 Å². The maximum absolute atomic E-state index is 13.2. The summed E-state index contributed by atoms with van der Waals surface area (Å²) in [5, 5.41) is 0. The first-order chi connectivity index (χ1) is 13.1. The van der Waals surface area contributed by atoms with Gasteiger partial charge in [-0.1, -0.05) is 26.2 Å². The highest BCUT2D eigenvalue weighted by atomic mass is 35.5. The summed E-state index contributed by atoms with van der Waals surface area (Å²) in [4.78, 5) is 23.8. The van der Waals surface area contributed by atoms with Crippen LogP contribution in [0.5, 0.6) is 0 Å². The molecule has 1 amide bonds. The zero-order valence-corrected chi connectivity index (χ0v) is 16.8. The summed E-state index contributed by atoms with van der Waals surface area (Å²) in [5.74, 6) is 0.0526. The number of hydrogen-bond acceptors (Lipinski definition) is 4. The van der Waals surface area contributed by atoms with Gasteiger partial charge in [0.1, 0.15) is 0 Å². The highest BCUT2D eigenvalue weighted by Gasteiger charge is 2.26. The molecular formula is C21H27ClN4O. The van der Waals surface area contributed by atoms with E-state index in [-0.39, 0.29) is 5.91 Å². The number of carbonyl (C=O) groups is 1. The van der Waals surface area contributed by atoms with Crippen molar-refractivity contribution in [3.63, 3.8) is 0 Å². The number of carbonyl (C=O) groups excluding carboxylic acids is 1. The Hall–Kier alpha value is -2.14. The van der Waals surface area contributed by atoms with Gasteiger partial charge < -0.3 is 4.90 Å². The number of anilines is 2. The molecule has 27 heavy (non-hydrogen) atoms. The second-order valence-corrected chi connectivity index (χ2v) is 7.50. The number of aryl methyl sites for hydroxylation is 1. The Morgan fingerprint density at radius 2 is 2.07 bits per heavy atom. The first-order valence-corrected chi connectivity index (χ1v) is 10.1. The van der Waals surface area contributed by atoms with Crippen molar-refractivity contribution >= 4 is 29.1 Å². The maximum Gasteiger partial charge on any atom is 0.255 e. The SMILES string of the molecule is CCCC1CCCCCN1C(=O)c1cncc(N(Cl)c2ccc(C)nc2)c1. The van der Waals surface area contributed by atoms with Crippen LogP contribution in [-0.2, 0) is 0 Å². The van der Waals surface area contributed by atoms with E-state index in [0.29, 0.717) is 17.3 Å². The number of hydrogen-bond donors (Lipinski definition) is 0. The van der Waals surface area contributed by atoms with Gasteiger partial charge in [-0.25, -0.2) is 0 Å². The van der Waals surface area contributed by atoms with E-state index in [0.717, 1.165) is 43.6 Å². The highest BCUT2D eigenvalue weighted by molar-refractivity contribution is 6.29. The standard InChI is InChI=1S/C21H27ClN4O/c1-3-7-18-8-5-4-6-11-25(18)21(27)17-12-20(14-23-13-17)26(22)19-10-9-16(2)24-15-19/h9-10,12-15,18H,3-8,11H2,1-2H3. The molecule has 1 unspecified atom stereocenters. The number of rotatable bonds is 5. The fourth-order valence-electron chi connectivity index (χ4n) is 3.62. The molecule has 0 saturated carbocycles. The minimum absolute atomic E-state index is 0.0526. The fourth-order valence-corrected chi connectivity index (χ4v) is 3.81. The smallest absolute Gasteiger partial charge is 0.255 e. The van der Waals surface area contributed by atoms with Gasteiger partial charge in [0, 0.05) is 36.3 Å². The summed E-state index contributed by atoms with van der Waals surface area (Å²) in [6, 6.07) is 5.94. The first kappa shape index (κ1) is 19.6. The summed E-state index contributed by atoms with van der Waals surface area (Å²) in [5.41, 5.74) is 2.91. The summed E-state index contributed by atoms with van der Waals surface area (Å²) >= 11 is 6.48. The lowest BCUT2D eigenvalue weighted by molar-refractivity contribution is 0.0672. The molecule has 1 aliphatic rings. The van der Waals surface area contributed by atoms with Crippen LogP contribution in [0.15, 0.2) is 36.8 Å². The molecular weight excluding hydrogens is 360 g/mol. The monoisotopic (exact) mass is 386 g/mol. The lowest BCUT2D eigenvalue weighted by atomic mass is 10.0. The van der Waals surface area contributed by atoms with E-state index < -0.39 is 0 Å². The molecule has 3 rings (SSSR count). The van der Waals surface area contributed by atoms with Crippen molar-refractivity contribution in [2.24, 2.45) is 0 Å². The molecule has 1 fully saturated rings. The third kappa shape index (κ3) is 4.78. The van der Waals surface area contributed by atoms with Gasteiger partial charge in [0.2, 0.25) is 0 Å². The molecule has 5 nitrogen and oxygen atoms in total. The predicted octanol–water partition coefficient (Wildman–Crippen LogP) is 5.26. The predicted molar refractivity (Wildman–Crippen MR) is 109 cm³/mol. The van der Waals surface area contributed by atoms with Gasteiger partial charge >= 0.3 is 0 Å². The van der Waals surface area contributed by atoms with Crippen LogP contribution >= 0.6 is 11.8 Å². The Bertz CT molecular complexity index is 765. The maximum atomic E-state index is 13.2. The van der Waals surface area contributed by atoms with E-state index in [4.69, 9.17) is 11.8 Å². The molecule has 1 aliphatic heterocycles. The van der Waals surface area contributed by atoms with E-state index in [2.05, 4.69) is 16.9 Å². The van der Waals surface area contributed by atoms with Gasteiger partial charge in [0.25, 0.3) is 5.91 Å². The van der Waals surface area contributed by atoms with Gasteiger partial charge in [-0.05, 0) is 44.4 Å². The lowest BCUT2D eigenvalue weighted by Gasteiger charge is -2.30. The molecule has 2 aromatic heterocycles. The number of halogens is 1. The number of amides is 1. The summed E-state index contributed by atoms with van der Waals surface area (Å²) < 4.78 is 1.49. The Kier molecular flexibility index (Phi) is 6.67. The Morgan fingerprint density at radius 3 is 2.81 bits per heavy atom. The molecule has 1 atom stereocenters. The zero-order chi connectivity index (χ0) is 19.2. The summed E-state index contributed by atoms with van der Waals surface area (Å²) in [6.07, 6.45) is 11.7. The first-order valence-electron chi connectivity index (χ1n) is 9.74. The Labute approximate surface area is 166 Å². The van der Waals surface area contributed by atoms with Crippen LogP contribution in [0.2, 0.25) is 0 Å². The molecule has 1 saturated heterocycles. The average molecular weight is 387 g/mol. The van der Waals surface area contributed by atoms with Crippen LogP contribution in [0.3, 0.4) is 0 Å². The molecule has 144 valence electrons. The summed E-state index contributed by atoms with van der Waals surface area (Å²) in [7, 11) is 0. The van der Waals surface area contributed by atoms with E-state index in [1.807, 2.05) is 30.0 Å². The Morgan fingerprint density at radius 1 is 1.22 bits per heavy atom. The lowest BCUT2D eigenvalue weighted by Crippen LogP contribution is -2.40. The van der Waals surface area contributed by atoms with Crippen LogP contribution in [0, 0.1) is 6.92 Å². The van der Waals surface area contributed by atoms with Crippen molar-refractivity contribution in [2.75, 3.05) is 11.0 Å². The largest absolute Gasteiger partial charge is 0.336 e. The van der Waals surface area contributed by atoms with Gasteiger partial charge in [-0.2, -0.15) is 0 Å². The molecule has 0 spiro atoms. The van der Waals surface area contributed by atoms with Crippen molar-refractivity contribution in [2.45, 2.75) is 58.4 Å². The van der Waals surface area contributed by atoms with Crippen molar-refractivity contribution in [3.05, 3.63) is 48.0 Å². The van der Waals surface area contributed by atoms with Crippen molar-refractivity contribution in [3.8, 4) is 0 Å². The minimum atomic E-state index is 0.0526. The minimum Gasteiger partial charge on any atom is -0.336 e. The van der Waals surface area contributed by atoms with Gasteiger partial charge in [-0.3, -0.25) is 19.2 Å². The van der Waals surface area contributed by atoms with Crippen LogP contribution < -0.4 is 4.42 Å². The molecule has 0 bridgehead atoms. The van der Waals surface area contributed by atoms with Crippen molar-refractivity contribution < 1.29 is 4.79 Å². The van der Waals surface area contributed by atoms with Crippen molar-refractivity contribution in [1.29, 1.82) is 0 Å². The number of aromatic nitrogens is 2. The number of pyridine rings is 2. The van der Waals surface area contributed by atoms with Crippen LogP contribution in [0.1, 0.15) is 61.5 Å². The molecule has 6 heteroatoms. The van der Waals surface area contributed by atoms with Gasteiger partial charge in [0.05, 0.1) is 29.3 Å². The highest BCUT2D eigenvalue weighted by Crippen LogP contribution is 2.28. The molecule has 0 aromatic carbocycles. The van der Waals surface area contributed by atoms with Gasteiger partial charge in [0.15, 0.2) is 0 Å². The number of likely N-dealkylation sites (tertiary alicyclic amines) is 1. The third-order valence-corrected chi connectivity index (χ3v) is 5.47. The second kappa shape index (κ2) is 9.18. The topological polar surface area (TPSA) is 49.3 Å². The quantitative estimate of drug-likeness (QED) is 0.657. The van der Waals surface area contributed by atoms with E-state index in [9.17, 15) is 4.79 Å². The molecule has 0 N–H and O–H groups in total. The Balaban J connectivity index is 1.83. The zero-order valence-electron chi connectivity index (χ0n) is 16.1. The fraction of sp³-hybridized carbons (Fsp3) is 0.476. The summed E-state index contributed by atoms with van der Waals surface area (Å²) in [6.45, 7) is 4.92. The van der Waals surface area contributed by atoms with Crippen LogP contribution in [0.25, 0.3) is 0 Å². The molecule has 0 aliphatic carbocycles. The normalized spacial score (nSPS) is 17.4.